The molecule has 2 aromatic heterocycles. The minimum absolute atomic E-state index is 0.523. The van der Waals surface area contributed by atoms with E-state index in [4.69, 9.17) is 5.73 Å². The standard InChI is InChI=1S/C17H25N7/c1-11-16(18)17(22-12(2)21-11)19-7-13-8-20-24(9-13)15-10-23-5-3-14(15)4-6-23/h8-9,14-15H,3-7,10,18H2,1-2H3,(H,19,21,22). The average Bonchev–Trinajstić information content (AvgIpc) is 3.06. The van der Waals surface area contributed by atoms with Gasteiger partial charge in [-0.1, -0.05) is 0 Å². The van der Waals surface area contributed by atoms with Crippen LogP contribution >= 0.6 is 0 Å². The van der Waals surface area contributed by atoms with Gasteiger partial charge in [-0.15, -0.1) is 0 Å². The van der Waals surface area contributed by atoms with Gasteiger partial charge in [-0.3, -0.25) is 4.68 Å². The first-order valence-electron chi connectivity index (χ1n) is 8.70. The Morgan fingerprint density at radius 1 is 1.25 bits per heavy atom. The predicted molar refractivity (Wildman–Crippen MR) is 93.7 cm³/mol. The molecule has 0 radical (unpaired) electrons. The van der Waals surface area contributed by atoms with Gasteiger partial charge in [0.05, 0.1) is 23.6 Å². The normalized spacial score (nSPS) is 25.8. The van der Waals surface area contributed by atoms with Gasteiger partial charge in [0.1, 0.15) is 5.82 Å². The lowest BCUT2D eigenvalue weighted by Gasteiger charge is -2.44. The molecule has 128 valence electrons. The van der Waals surface area contributed by atoms with Crippen LogP contribution in [0.4, 0.5) is 11.5 Å². The molecule has 5 heterocycles. The van der Waals surface area contributed by atoms with Gasteiger partial charge in [-0.05, 0) is 45.7 Å². The number of aryl methyl sites for hydroxylation is 2. The number of hydrogen-bond donors (Lipinski definition) is 2. The fourth-order valence-corrected chi connectivity index (χ4v) is 3.93. The maximum absolute atomic E-state index is 6.06. The largest absolute Gasteiger partial charge is 0.394 e. The van der Waals surface area contributed by atoms with Crippen LogP contribution < -0.4 is 11.1 Å². The van der Waals surface area contributed by atoms with Crippen LogP contribution in [-0.2, 0) is 6.54 Å². The van der Waals surface area contributed by atoms with Gasteiger partial charge in [0.25, 0.3) is 0 Å². The molecule has 2 bridgehead atoms. The number of nitrogens with one attached hydrogen (secondary N) is 1. The van der Waals surface area contributed by atoms with Gasteiger partial charge in [0, 0.05) is 24.8 Å². The van der Waals surface area contributed by atoms with E-state index in [1.54, 1.807) is 0 Å². The fourth-order valence-electron chi connectivity index (χ4n) is 3.93. The van der Waals surface area contributed by atoms with E-state index >= 15 is 0 Å². The number of rotatable bonds is 4. The summed E-state index contributed by atoms with van der Waals surface area (Å²) < 4.78 is 2.16. The summed E-state index contributed by atoms with van der Waals surface area (Å²) in [5.74, 6) is 2.21. The molecule has 3 saturated heterocycles. The average molecular weight is 327 g/mol. The quantitative estimate of drug-likeness (QED) is 0.890. The number of nitrogens with zero attached hydrogens (tertiary/aromatic N) is 5. The summed E-state index contributed by atoms with van der Waals surface area (Å²) >= 11 is 0. The molecule has 0 aliphatic carbocycles. The van der Waals surface area contributed by atoms with Crippen molar-refractivity contribution in [2.24, 2.45) is 5.92 Å². The molecule has 7 heteroatoms. The minimum atomic E-state index is 0.523. The van der Waals surface area contributed by atoms with Crippen LogP contribution in [0.3, 0.4) is 0 Å². The van der Waals surface area contributed by atoms with Crippen molar-refractivity contribution in [1.82, 2.24) is 24.6 Å². The van der Waals surface area contributed by atoms with Gasteiger partial charge in [-0.25, -0.2) is 9.97 Å². The van der Waals surface area contributed by atoms with Crippen LogP contribution in [0.1, 0.15) is 36.0 Å². The minimum Gasteiger partial charge on any atom is -0.394 e. The van der Waals surface area contributed by atoms with Crippen molar-refractivity contribution in [3.05, 3.63) is 29.5 Å². The maximum atomic E-state index is 6.06. The number of nitrogens with two attached hydrogens (primary N) is 1. The van der Waals surface area contributed by atoms with E-state index in [1.165, 1.54) is 25.9 Å². The summed E-state index contributed by atoms with van der Waals surface area (Å²) in [5, 5.41) is 7.94. The molecular weight excluding hydrogens is 302 g/mol. The highest BCUT2D eigenvalue weighted by Crippen LogP contribution is 2.35. The third kappa shape index (κ3) is 2.84. The first-order valence-corrected chi connectivity index (χ1v) is 8.70. The SMILES string of the molecule is Cc1nc(C)c(N)c(NCc2cnn(C3CN4CCC3CC4)c2)n1. The number of nitrogen functional groups attached to an aromatic ring is 1. The molecule has 3 N–H and O–H groups in total. The lowest BCUT2D eigenvalue weighted by atomic mass is 9.84. The zero-order valence-electron chi connectivity index (χ0n) is 14.4. The van der Waals surface area contributed by atoms with Gasteiger partial charge in [-0.2, -0.15) is 5.10 Å². The Labute approximate surface area is 142 Å². The molecule has 7 nitrogen and oxygen atoms in total. The Kier molecular flexibility index (Phi) is 3.88. The first kappa shape index (κ1) is 15.4. The Bertz CT molecular complexity index is 731. The first-order chi connectivity index (χ1) is 11.6. The zero-order chi connectivity index (χ0) is 16.7. The van der Waals surface area contributed by atoms with Crippen LogP contribution in [0.2, 0.25) is 0 Å². The summed E-state index contributed by atoms with van der Waals surface area (Å²) in [6.45, 7) is 8.09. The van der Waals surface area contributed by atoms with Gasteiger partial charge in [0.15, 0.2) is 5.82 Å². The van der Waals surface area contributed by atoms with Gasteiger partial charge >= 0.3 is 0 Å². The molecule has 1 unspecified atom stereocenters. The second-order valence-corrected chi connectivity index (χ2v) is 7.01. The summed E-state index contributed by atoms with van der Waals surface area (Å²) in [6, 6.07) is 0.523. The van der Waals surface area contributed by atoms with Crippen molar-refractivity contribution in [2.75, 3.05) is 30.7 Å². The van der Waals surface area contributed by atoms with Crippen molar-refractivity contribution >= 4 is 11.5 Å². The molecule has 5 rings (SSSR count). The van der Waals surface area contributed by atoms with Crippen LogP contribution in [0, 0.1) is 19.8 Å². The van der Waals surface area contributed by atoms with E-state index in [0.29, 0.717) is 24.1 Å². The second kappa shape index (κ2) is 6.05. The highest BCUT2D eigenvalue weighted by Gasteiger charge is 2.35. The lowest BCUT2D eigenvalue weighted by molar-refractivity contribution is 0.0512. The van der Waals surface area contributed by atoms with Crippen LogP contribution in [0.15, 0.2) is 12.4 Å². The van der Waals surface area contributed by atoms with Crippen molar-refractivity contribution in [3.63, 3.8) is 0 Å². The van der Waals surface area contributed by atoms with Gasteiger partial charge < -0.3 is 16.0 Å². The summed E-state index contributed by atoms with van der Waals surface area (Å²) in [4.78, 5) is 11.2. The molecule has 24 heavy (non-hydrogen) atoms. The molecule has 0 saturated carbocycles. The molecule has 0 aromatic carbocycles. The smallest absolute Gasteiger partial charge is 0.153 e. The van der Waals surface area contributed by atoms with E-state index in [9.17, 15) is 0 Å². The molecule has 2 aromatic rings. The summed E-state index contributed by atoms with van der Waals surface area (Å²) in [6.07, 6.45) is 6.71. The third-order valence-electron chi connectivity index (χ3n) is 5.32. The van der Waals surface area contributed by atoms with E-state index in [1.807, 2.05) is 20.0 Å². The van der Waals surface area contributed by atoms with E-state index in [-0.39, 0.29) is 0 Å². The van der Waals surface area contributed by atoms with Crippen LogP contribution in [-0.4, -0.2) is 44.3 Å². The molecule has 3 aliphatic heterocycles. The maximum Gasteiger partial charge on any atom is 0.153 e. The number of hydrogen-bond acceptors (Lipinski definition) is 6. The van der Waals surface area contributed by atoms with Crippen molar-refractivity contribution in [2.45, 2.75) is 39.3 Å². The zero-order valence-corrected chi connectivity index (χ0v) is 14.4. The summed E-state index contributed by atoms with van der Waals surface area (Å²) in [7, 11) is 0. The molecule has 1 atom stereocenters. The van der Waals surface area contributed by atoms with Crippen molar-refractivity contribution in [3.8, 4) is 0 Å². The molecular formula is C17H25N7. The van der Waals surface area contributed by atoms with Crippen molar-refractivity contribution < 1.29 is 0 Å². The van der Waals surface area contributed by atoms with Crippen LogP contribution in [0.5, 0.6) is 0 Å². The van der Waals surface area contributed by atoms with Crippen LogP contribution in [0.25, 0.3) is 0 Å². The van der Waals surface area contributed by atoms with E-state index < -0.39 is 0 Å². The Morgan fingerprint density at radius 3 is 2.75 bits per heavy atom. The number of fused-ring (bicyclic) bond motifs is 3. The number of piperidine rings is 3. The monoisotopic (exact) mass is 327 g/mol. The fraction of sp³-hybridized carbons (Fsp3) is 0.588. The Balaban J connectivity index is 1.44. The van der Waals surface area contributed by atoms with E-state index in [2.05, 4.69) is 36.2 Å². The molecule has 3 aliphatic rings. The lowest BCUT2D eigenvalue weighted by Crippen LogP contribution is -2.48. The molecule has 3 fully saturated rings. The number of anilines is 2. The van der Waals surface area contributed by atoms with Gasteiger partial charge in [0.2, 0.25) is 0 Å². The van der Waals surface area contributed by atoms with E-state index in [0.717, 1.165) is 29.5 Å². The molecule has 0 amide bonds. The number of aromatic nitrogens is 4. The Hall–Kier alpha value is -2.15. The highest BCUT2D eigenvalue weighted by atomic mass is 15.3. The predicted octanol–water partition coefficient (Wildman–Crippen LogP) is 1.75. The Morgan fingerprint density at radius 2 is 2.04 bits per heavy atom. The third-order valence-corrected chi connectivity index (χ3v) is 5.32. The molecule has 0 spiro atoms. The van der Waals surface area contributed by atoms with Crippen molar-refractivity contribution in [1.29, 1.82) is 0 Å². The highest BCUT2D eigenvalue weighted by molar-refractivity contribution is 5.63. The second-order valence-electron chi connectivity index (χ2n) is 7.01. The summed E-state index contributed by atoms with van der Waals surface area (Å²) in [5.41, 5.74) is 8.65. The topological polar surface area (TPSA) is 84.9 Å².